The van der Waals surface area contributed by atoms with Crippen LogP contribution in [-0.2, 0) is 6.54 Å². The van der Waals surface area contributed by atoms with Crippen LogP contribution in [0.1, 0.15) is 24.6 Å². The van der Waals surface area contributed by atoms with Gasteiger partial charge in [-0.05, 0) is 36.9 Å². The molecule has 0 saturated heterocycles. The summed E-state index contributed by atoms with van der Waals surface area (Å²) >= 11 is 1.84. The lowest BCUT2D eigenvalue weighted by Gasteiger charge is -2.07. The van der Waals surface area contributed by atoms with Crippen LogP contribution in [-0.4, -0.2) is 17.8 Å². The Labute approximate surface area is 106 Å². The Kier molecular flexibility index (Phi) is 4.54. The van der Waals surface area contributed by atoms with Crippen molar-refractivity contribution in [1.29, 1.82) is 0 Å². The molecule has 0 amide bonds. The lowest BCUT2D eigenvalue weighted by Crippen LogP contribution is -2.19. The fraction of sp³-hybridized carbons (Fsp3) is 0.429. The van der Waals surface area contributed by atoms with E-state index in [-0.39, 0.29) is 6.10 Å². The molecule has 2 N–H and O–H groups in total. The van der Waals surface area contributed by atoms with E-state index in [1.54, 1.807) is 0 Å². The summed E-state index contributed by atoms with van der Waals surface area (Å²) in [5, 5.41) is 14.1. The SMILES string of the molecule is CCC(O)CCNCc1cc2ccccc2s1. The smallest absolute Gasteiger partial charge is 0.0549 e. The Morgan fingerprint density at radius 3 is 2.94 bits per heavy atom. The van der Waals surface area contributed by atoms with Crippen LogP contribution in [0, 0.1) is 0 Å². The maximum Gasteiger partial charge on any atom is 0.0549 e. The number of aliphatic hydroxyl groups is 1. The molecule has 0 aliphatic carbocycles. The molecule has 92 valence electrons. The summed E-state index contributed by atoms with van der Waals surface area (Å²) in [6, 6.07) is 10.7. The van der Waals surface area contributed by atoms with Gasteiger partial charge < -0.3 is 10.4 Å². The highest BCUT2D eigenvalue weighted by molar-refractivity contribution is 7.19. The maximum absolute atomic E-state index is 9.43. The molecule has 0 aliphatic rings. The summed E-state index contributed by atoms with van der Waals surface area (Å²) in [6.07, 6.45) is 1.51. The maximum atomic E-state index is 9.43. The molecule has 1 unspecified atom stereocenters. The third-order valence-electron chi connectivity index (χ3n) is 2.90. The first kappa shape index (κ1) is 12.6. The van der Waals surface area contributed by atoms with Crippen molar-refractivity contribution in [1.82, 2.24) is 5.32 Å². The minimum atomic E-state index is -0.162. The summed E-state index contributed by atoms with van der Waals surface area (Å²) in [4.78, 5) is 1.36. The standard InChI is InChI=1S/C14H19NOS/c1-2-12(16)7-8-15-10-13-9-11-5-3-4-6-14(11)17-13/h3-6,9,12,15-16H,2,7-8,10H2,1H3. The predicted octanol–water partition coefficient (Wildman–Crippen LogP) is 3.15. The topological polar surface area (TPSA) is 32.3 Å². The van der Waals surface area contributed by atoms with Crippen molar-refractivity contribution >= 4 is 21.4 Å². The summed E-state index contributed by atoms with van der Waals surface area (Å²) < 4.78 is 1.35. The van der Waals surface area contributed by atoms with Crippen LogP contribution in [0.25, 0.3) is 10.1 Å². The average Bonchev–Trinajstić information content (AvgIpc) is 2.76. The van der Waals surface area contributed by atoms with Gasteiger partial charge in [0.2, 0.25) is 0 Å². The second kappa shape index (κ2) is 6.15. The van der Waals surface area contributed by atoms with E-state index in [0.717, 1.165) is 25.9 Å². The molecule has 17 heavy (non-hydrogen) atoms. The average molecular weight is 249 g/mol. The molecule has 0 fully saturated rings. The van der Waals surface area contributed by atoms with Crippen molar-refractivity contribution in [2.45, 2.75) is 32.4 Å². The van der Waals surface area contributed by atoms with Gasteiger partial charge in [0.05, 0.1) is 6.10 Å². The van der Waals surface area contributed by atoms with Crippen molar-refractivity contribution in [2.24, 2.45) is 0 Å². The van der Waals surface area contributed by atoms with Crippen molar-refractivity contribution in [3.05, 3.63) is 35.2 Å². The Bertz CT molecular complexity index is 433. The van der Waals surface area contributed by atoms with Crippen LogP contribution < -0.4 is 5.32 Å². The van der Waals surface area contributed by atoms with Crippen molar-refractivity contribution < 1.29 is 5.11 Å². The number of benzene rings is 1. The number of hydrogen-bond donors (Lipinski definition) is 2. The van der Waals surface area contributed by atoms with E-state index < -0.39 is 0 Å². The Balaban J connectivity index is 1.83. The fourth-order valence-corrected chi connectivity index (χ4v) is 2.84. The van der Waals surface area contributed by atoms with Gasteiger partial charge in [-0.15, -0.1) is 11.3 Å². The lowest BCUT2D eigenvalue weighted by molar-refractivity contribution is 0.160. The van der Waals surface area contributed by atoms with E-state index in [0.29, 0.717) is 0 Å². The monoisotopic (exact) mass is 249 g/mol. The molecule has 2 rings (SSSR count). The zero-order valence-electron chi connectivity index (χ0n) is 10.1. The molecule has 2 nitrogen and oxygen atoms in total. The highest BCUT2D eigenvalue weighted by Gasteiger charge is 2.02. The number of fused-ring (bicyclic) bond motifs is 1. The van der Waals surface area contributed by atoms with Gasteiger partial charge >= 0.3 is 0 Å². The van der Waals surface area contributed by atoms with E-state index in [1.165, 1.54) is 15.0 Å². The molecule has 0 spiro atoms. The van der Waals surface area contributed by atoms with E-state index in [9.17, 15) is 5.11 Å². The summed E-state index contributed by atoms with van der Waals surface area (Å²) in [5.74, 6) is 0. The summed E-state index contributed by atoms with van der Waals surface area (Å²) in [5.41, 5.74) is 0. The van der Waals surface area contributed by atoms with Crippen LogP contribution >= 0.6 is 11.3 Å². The molecule has 1 heterocycles. The minimum absolute atomic E-state index is 0.162. The lowest BCUT2D eigenvalue weighted by atomic mass is 10.2. The highest BCUT2D eigenvalue weighted by Crippen LogP contribution is 2.24. The summed E-state index contributed by atoms with van der Waals surface area (Å²) in [7, 11) is 0. The van der Waals surface area contributed by atoms with Crippen LogP contribution in [0.3, 0.4) is 0 Å². The predicted molar refractivity (Wildman–Crippen MR) is 74.4 cm³/mol. The molecule has 1 atom stereocenters. The van der Waals surface area contributed by atoms with Gasteiger partial charge in [0, 0.05) is 16.1 Å². The van der Waals surface area contributed by atoms with Gasteiger partial charge in [0.25, 0.3) is 0 Å². The fourth-order valence-electron chi connectivity index (χ4n) is 1.81. The second-order valence-corrected chi connectivity index (χ2v) is 5.45. The highest BCUT2D eigenvalue weighted by atomic mass is 32.1. The van der Waals surface area contributed by atoms with E-state index >= 15 is 0 Å². The Hall–Kier alpha value is -0.900. The van der Waals surface area contributed by atoms with Gasteiger partial charge in [-0.25, -0.2) is 0 Å². The van der Waals surface area contributed by atoms with Gasteiger partial charge in [-0.2, -0.15) is 0 Å². The van der Waals surface area contributed by atoms with Crippen LogP contribution in [0.4, 0.5) is 0 Å². The van der Waals surface area contributed by atoms with Crippen LogP contribution in [0.2, 0.25) is 0 Å². The minimum Gasteiger partial charge on any atom is -0.393 e. The van der Waals surface area contributed by atoms with Gasteiger partial charge in [-0.1, -0.05) is 25.1 Å². The van der Waals surface area contributed by atoms with E-state index in [2.05, 4.69) is 35.6 Å². The van der Waals surface area contributed by atoms with Crippen molar-refractivity contribution in [3.63, 3.8) is 0 Å². The third-order valence-corrected chi connectivity index (χ3v) is 4.02. The number of nitrogens with one attached hydrogen (secondary N) is 1. The molecule has 1 aromatic carbocycles. The van der Waals surface area contributed by atoms with Gasteiger partial charge in [0.15, 0.2) is 0 Å². The zero-order valence-corrected chi connectivity index (χ0v) is 11.0. The Morgan fingerprint density at radius 1 is 1.35 bits per heavy atom. The molecule has 3 heteroatoms. The first-order valence-corrected chi connectivity index (χ1v) is 6.97. The Morgan fingerprint density at radius 2 is 2.18 bits per heavy atom. The zero-order chi connectivity index (χ0) is 12.1. The number of hydrogen-bond acceptors (Lipinski definition) is 3. The molecular weight excluding hydrogens is 230 g/mol. The van der Waals surface area contributed by atoms with Crippen molar-refractivity contribution in [3.8, 4) is 0 Å². The second-order valence-electron chi connectivity index (χ2n) is 4.28. The van der Waals surface area contributed by atoms with Gasteiger partial charge in [0.1, 0.15) is 0 Å². The number of thiophene rings is 1. The molecule has 1 aromatic heterocycles. The molecule has 0 saturated carbocycles. The molecular formula is C14H19NOS. The van der Waals surface area contributed by atoms with Crippen LogP contribution in [0.5, 0.6) is 0 Å². The molecule has 0 radical (unpaired) electrons. The van der Waals surface area contributed by atoms with Gasteiger partial charge in [-0.3, -0.25) is 0 Å². The van der Waals surface area contributed by atoms with E-state index in [1.807, 2.05) is 18.3 Å². The molecule has 0 bridgehead atoms. The molecule has 0 aliphatic heterocycles. The number of rotatable bonds is 6. The summed E-state index contributed by atoms with van der Waals surface area (Å²) in [6.45, 7) is 3.79. The van der Waals surface area contributed by atoms with Crippen LogP contribution in [0.15, 0.2) is 30.3 Å². The van der Waals surface area contributed by atoms with Crippen molar-refractivity contribution in [2.75, 3.05) is 6.54 Å². The third kappa shape index (κ3) is 3.53. The largest absolute Gasteiger partial charge is 0.393 e. The normalized spacial score (nSPS) is 13.1. The quantitative estimate of drug-likeness (QED) is 0.771. The number of aliphatic hydroxyl groups excluding tert-OH is 1. The molecule has 2 aromatic rings. The first-order chi connectivity index (χ1) is 8.29. The first-order valence-electron chi connectivity index (χ1n) is 6.16. The van der Waals surface area contributed by atoms with E-state index in [4.69, 9.17) is 0 Å².